The lowest BCUT2D eigenvalue weighted by Crippen LogP contribution is -2.00. The molecule has 436 valence electrons. The van der Waals surface area contributed by atoms with Gasteiger partial charge in [-0.05, 0) is 178 Å². The number of aromatic nitrogens is 10. The summed E-state index contributed by atoms with van der Waals surface area (Å²) in [5.74, 6) is 1.69. The fourth-order valence-electron chi connectivity index (χ4n) is 14.4. The van der Waals surface area contributed by atoms with Crippen LogP contribution in [0.5, 0.6) is 0 Å². The number of para-hydroxylation sites is 2. The van der Waals surface area contributed by atoms with E-state index in [1.807, 2.05) is 85.8 Å². The molecule has 0 aliphatic heterocycles. The SMILES string of the molecule is c1ccc(-c2cc(-c3ccc(-n4c5ccccc5c5cnccc54)nc3)cc(-c3ccc4ccc5cccc6ccc3c4c56)n2)nc1.c1ccc(-c2cc(-c3ccc4ccc5cccc6ccc3c4c56)cc(-c3cccc(-n4c5ccccc5c5cnccc54)n3)n2)nc1. The van der Waals surface area contributed by atoms with Gasteiger partial charge < -0.3 is 0 Å². The second kappa shape index (κ2) is 21.4. The largest absolute Gasteiger partial charge is 0.294 e. The summed E-state index contributed by atoms with van der Waals surface area (Å²) in [5, 5.41) is 19.6. The van der Waals surface area contributed by atoms with Crippen LogP contribution in [0.25, 0.3) is 188 Å². The standard InChI is InChI=1S/2C42H25N5/c1-2-12-38-31(9-1)33-25-43-22-20-39(33)47(38)40-13-6-11-35(46-40)37-24-29(23-36(45-37)34-10-3-4-21-44-34)30-18-16-28-15-14-26-7-5-8-27-17-19-32(30)42(28)41(26)27;1-2-10-38-32(8-1)34-25-43-21-19-39(34)47(38)40-18-15-29(24-45-40)30-22-36(46-37(23-30)35-9-3-4-20-44-35)31-16-13-28-12-11-26-6-5-7-27-14-17-33(31)42(28)41(26)27/h2*1-25H. The maximum atomic E-state index is 5.24. The van der Waals surface area contributed by atoms with Gasteiger partial charge in [0.25, 0.3) is 0 Å². The van der Waals surface area contributed by atoms with Crippen LogP contribution in [0.1, 0.15) is 0 Å². The second-order valence-corrected chi connectivity index (χ2v) is 23.9. The van der Waals surface area contributed by atoms with Crippen LogP contribution < -0.4 is 0 Å². The lowest BCUT2D eigenvalue weighted by atomic mass is 9.89. The predicted octanol–water partition coefficient (Wildman–Crippen LogP) is 20.5. The molecule has 0 aliphatic carbocycles. The lowest BCUT2D eigenvalue weighted by Gasteiger charge is -2.15. The number of rotatable bonds is 8. The van der Waals surface area contributed by atoms with Gasteiger partial charge in [0.1, 0.15) is 11.6 Å². The van der Waals surface area contributed by atoms with Crippen LogP contribution in [0.15, 0.2) is 304 Å². The molecule has 0 N–H and O–H groups in total. The molecule has 0 spiro atoms. The third-order valence-electron chi connectivity index (χ3n) is 18.6. The Labute approximate surface area is 537 Å². The molecule has 0 saturated carbocycles. The zero-order valence-corrected chi connectivity index (χ0v) is 50.3. The highest BCUT2D eigenvalue weighted by molar-refractivity contribution is 6.27. The smallest absolute Gasteiger partial charge is 0.138 e. The average molecular weight is 1200 g/mol. The van der Waals surface area contributed by atoms with Crippen LogP contribution in [0.4, 0.5) is 0 Å². The zero-order chi connectivity index (χ0) is 61.8. The molecule has 0 unspecified atom stereocenters. The minimum absolute atomic E-state index is 0.790. The van der Waals surface area contributed by atoms with Crippen molar-refractivity contribution in [2.24, 2.45) is 0 Å². The maximum Gasteiger partial charge on any atom is 0.138 e. The molecule has 10 heteroatoms. The van der Waals surface area contributed by atoms with Gasteiger partial charge in [0.15, 0.2) is 0 Å². The van der Waals surface area contributed by atoms with Crippen molar-refractivity contribution in [3.63, 3.8) is 0 Å². The predicted molar refractivity (Wildman–Crippen MR) is 384 cm³/mol. The highest BCUT2D eigenvalue weighted by Crippen LogP contribution is 2.44. The van der Waals surface area contributed by atoms with Gasteiger partial charge in [-0.3, -0.25) is 29.1 Å². The zero-order valence-electron chi connectivity index (χ0n) is 50.3. The summed E-state index contributed by atoms with van der Waals surface area (Å²) in [6.45, 7) is 0. The molecule has 10 nitrogen and oxygen atoms in total. The first-order valence-electron chi connectivity index (χ1n) is 31.4. The Morgan fingerprint density at radius 1 is 0.223 bits per heavy atom. The number of hydrogen-bond acceptors (Lipinski definition) is 8. The molecule has 20 aromatic rings. The molecular weight excluding hydrogens is 1150 g/mol. The minimum Gasteiger partial charge on any atom is -0.294 e. The van der Waals surface area contributed by atoms with Gasteiger partial charge in [-0.2, -0.15) is 0 Å². The van der Waals surface area contributed by atoms with Crippen molar-refractivity contribution in [1.82, 2.24) is 49.0 Å². The van der Waals surface area contributed by atoms with E-state index in [0.717, 1.165) is 123 Å². The number of nitrogens with zero attached hydrogens (tertiary/aromatic N) is 10. The summed E-state index contributed by atoms with van der Waals surface area (Å²) >= 11 is 0. The Bertz CT molecular complexity index is 6220. The van der Waals surface area contributed by atoms with Gasteiger partial charge in [0.05, 0.1) is 61.9 Å². The van der Waals surface area contributed by atoms with Gasteiger partial charge in [-0.15, -0.1) is 0 Å². The fraction of sp³-hybridized carbons (Fsp3) is 0. The summed E-state index contributed by atoms with van der Waals surface area (Å²) in [6, 6.07) is 91.6. The normalized spacial score (nSPS) is 11.8. The van der Waals surface area contributed by atoms with Crippen molar-refractivity contribution >= 4 is 108 Å². The monoisotopic (exact) mass is 1200 g/mol. The first-order chi connectivity index (χ1) is 46.6. The summed E-state index contributed by atoms with van der Waals surface area (Å²) in [4.78, 5) is 38.8. The van der Waals surface area contributed by atoms with Crippen LogP contribution in [0.3, 0.4) is 0 Å². The van der Waals surface area contributed by atoms with Gasteiger partial charge in [0, 0.05) is 76.0 Å². The van der Waals surface area contributed by atoms with Crippen molar-refractivity contribution in [2.75, 3.05) is 0 Å². The first-order valence-corrected chi connectivity index (χ1v) is 31.4. The van der Waals surface area contributed by atoms with E-state index in [2.05, 4.69) is 247 Å². The van der Waals surface area contributed by atoms with Crippen LogP contribution in [-0.2, 0) is 0 Å². The van der Waals surface area contributed by atoms with Crippen LogP contribution in [0.2, 0.25) is 0 Å². The summed E-state index contributed by atoms with van der Waals surface area (Å²) in [6.07, 6.45) is 13.1. The van der Waals surface area contributed by atoms with Gasteiger partial charge in [0.2, 0.25) is 0 Å². The molecule has 0 radical (unpaired) electrons. The van der Waals surface area contributed by atoms with Gasteiger partial charge in [-0.1, -0.05) is 164 Å². The minimum atomic E-state index is 0.790. The Hall–Kier alpha value is -12.9. The van der Waals surface area contributed by atoms with Crippen LogP contribution in [-0.4, -0.2) is 49.0 Å². The molecule has 0 bridgehead atoms. The highest BCUT2D eigenvalue weighted by atomic mass is 15.1. The number of fused-ring (bicyclic) bond motifs is 6. The van der Waals surface area contributed by atoms with E-state index in [1.54, 1.807) is 0 Å². The number of benzene rings is 10. The van der Waals surface area contributed by atoms with Crippen molar-refractivity contribution < 1.29 is 0 Å². The number of pyridine rings is 8. The third-order valence-corrected chi connectivity index (χ3v) is 18.6. The fourth-order valence-corrected chi connectivity index (χ4v) is 14.4. The maximum absolute atomic E-state index is 5.24. The Morgan fingerprint density at radius 3 is 1.26 bits per heavy atom. The van der Waals surface area contributed by atoms with Crippen molar-refractivity contribution in [2.45, 2.75) is 0 Å². The van der Waals surface area contributed by atoms with E-state index in [4.69, 9.17) is 19.9 Å². The van der Waals surface area contributed by atoms with E-state index in [9.17, 15) is 0 Å². The Kier molecular flexibility index (Phi) is 12.0. The van der Waals surface area contributed by atoms with Crippen molar-refractivity contribution in [3.05, 3.63) is 304 Å². The van der Waals surface area contributed by atoms with Gasteiger partial charge in [-0.25, -0.2) is 19.9 Å². The highest BCUT2D eigenvalue weighted by Gasteiger charge is 2.21. The van der Waals surface area contributed by atoms with E-state index in [-0.39, 0.29) is 0 Å². The molecule has 20 rings (SSSR count). The van der Waals surface area contributed by atoms with E-state index in [1.165, 1.54) is 64.6 Å². The molecule has 10 heterocycles. The van der Waals surface area contributed by atoms with E-state index < -0.39 is 0 Å². The number of hydrogen-bond donors (Lipinski definition) is 0. The summed E-state index contributed by atoms with van der Waals surface area (Å²) < 4.78 is 4.42. The van der Waals surface area contributed by atoms with Crippen LogP contribution >= 0.6 is 0 Å². The lowest BCUT2D eigenvalue weighted by molar-refractivity contribution is 1.07. The van der Waals surface area contributed by atoms with Crippen LogP contribution in [0, 0.1) is 0 Å². The topological polar surface area (TPSA) is 113 Å². The quantitative estimate of drug-likeness (QED) is 0.138. The Balaban J connectivity index is 0.000000133. The second-order valence-electron chi connectivity index (χ2n) is 23.9. The molecule has 0 aliphatic rings. The van der Waals surface area contributed by atoms with E-state index in [0.29, 0.717) is 0 Å². The first kappa shape index (κ1) is 53.0. The van der Waals surface area contributed by atoms with Gasteiger partial charge >= 0.3 is 0 Å². The molecule has 0 fully saturated rings. The van der Waals surface area contributed by atoms with E-state index >= 15 is 0 Å². The molecular formula is C84H50N10. The molecule has 10 aromatic heterocycles. The molecule has 0 saturated heterocycles. The molecule has 0 amide bonds. The van der Waals surface area contributed by atoms with Crippen molar-refractivity contribution in [1.29, 1.82) is 0 Å². The Morgan fingerprint density at radius 2 is 0.681 bits per heavy atom. The summed E-state index contributed by atoms with van der Waals surface area (Å²) in [5.41, 5.74) is 15.5. The molecule has 10 aromatic carbocycles. The average Bonchev–Trinajstić information content (AvgIpc) is 1.01. The molecule has 94 heavy (non-hydrogen) atoms. The van der Waals surface area contributed by atoms with Crippen molar-refractivity contribution in [3.8, 4) is 79.3 Å². The third kappa shape index (κ3) is 8.58. The summed E-state index contributed by atoms with van der Waals surface area (Å²) in [7, 11) is 0. The molecule has 0 atom stereocenters.